The highest BCUT2D eigenvalue weighted by Crippen LogP contribution is 2.20. The number of methoxy groups -OCH3 is 1. The largest absolute Gasteiger partial charge is 0.497 e. The van der Waals surface area contributed by atoms with Gasteiger partial charge in [-0.3, -0.25) is 9.69 Å². The highest BCUT2D eigenvalue weighted by Gasteiger charge is 2.24. The topological polar surface area (TPSA) is 115 Å². The fourth-order valence-electron chi connectivity index (χ4n) is 4.05. The van der Waals surface area contributed by atoms with Gasteiger partial charge in [0.2, 0.25) is 17.6 Å². The van der Waals surface area contributed by atoms with Crippen molar-refractivity contribution >= 4 is 11.7 Å². The van der Waals surface area contributed by atoms with Crippen LogP contribution in [0, 0.1) is 13.8 Å². The fraction of sp³-hybridized carbons (Fsp3) is 0.391. The third-order valence-corrected chi connectivity index (χ3v) is 5.87. The summed E-state index contributed by atoms with van der Waals surface area (Å²) in [6.07, 6.45) is 0.163. The maximum atomic E-state index is 12.8. The third kappa shape index (κ3) is 4.60. The molecule has 0 saturated carbocycles. The Labute approximate surface area is 196 Å². The fourth-order valence-corrected chi connectivity index (χ4v) is 4.05. The van der Waals surface area contributed by atoms with Crippen LogP contribution >= 0.6 is 0 Å². The van der Waals surface area contributed by atoms with E-state index in [9.17, 15) is 4.79 Å². The summed E-state index contributed by atoms with van der Waals surface area (Å²) < 4.78 is 12.3. The van der Waals surface area contributed by atoms with Crippen molar-refractivity contribution in [3.8, 4) is 17.1 Å². The van der Waals surface area contributed by atoms with Crippen molar-refractivity contribution in [2.24, 2.45) is 0 Å². The Morgan fingerprint density at radius 3 is 2.56 bits per heavy atom. The van der Waals surface area contributed by atoms with Gasteiger partial charge >= 0.3 is 0 Å². The molecule has 0 unspecified atom stereocenters. The molecule has 4 aromatic rings. The number of amides is 1. The van der Waals surface area contributed by atoms with Gasteiger partial charge in [0.15, 0.2) is 5.82 Å². The lowest BCUT2D eigenvalue weighted by molar-refractivity contribution is -0.132. The summed E-state index contributed by atoms with van der Waals surface area (Å²) in [6, 6.07) is 9.46. The van der Waals surface area contributed by atoms with Crippen molar-refractivity contribution < 1.29 is 14.1 Å². The SMILES string of the molecule is COc1ccc(-c2noc(CN3CCN(C(=O)Cc4nc5nc(C)cc(C)n5n4)CC3)n2)cc1. The summed E-state index contributed by atoms with van der Waals surface area (Å²) >= 11 is 0. The second-order valence-electron chi connectivity index (χ2n) is 8.35. The van der Waals surface area contributed by atoms with E-state index < -0.39 is 0 Å². The van der Waals surface area contributed by atoms with E-state index in [0.717, 1.165) is 35.8 Å². The number of hydrogen-bond acceptors (Lipinski definition) is 9. The average Bonchev–Trinajstić information content (AvgIpc) is 3.46. The Morgan fingerprint density at radius 1 is 1.06 bits per heavy atom. The Balaban J connectivity index is 1.15. The Kier molecular flexibility index (Phi) is 5.93. The molecule has 0 aliphatic carbocycles. The van der Waals surface area contributed by atoms with Crippen LogP contribution in [0.15, 0.2) is 34.9 Å². The average molecular weight is 463 g/mol. The number of nitrogens with zero attached hydrogens (tertiary/aromatic N) is 8. The van der Waals surface area contributed by atoms with Crippen LogP contribution in [-0.4, -0.2) is 78.7 Å². The number of ether oxygens (including phenoxy) is 1. The van der Waals surface area contributed by atoms with E-state index in [4.69, 9.17) is 9.26 Å². The summed E-state index contributed by atoms with van der Waals surface area (Å²) in [5.74, 6) is 2.91. The summed E-state index contributed by atoms with van der Waals surface area (Å²) in [7, 11) is 1.63. The van der Waals surface area contributed by atoms with E-state index in [1.807, 2.05) is 49.1 Å². The summed E-state index contributed by atoms with van der Waals surface area (Å²) in [5.41, 5.74) is 2.69. The zero-order valence-electron chi connectivity index (χ0n) is 19.4. The highest BCUT2D eigenvalue weighted by atomic mass is 16.5. The van der Waals surface area contributed by atoms with E-state index in [2.05, 4.69) is 30.1 Å². The van der Waals surface area contributed by atoms with E-state index in [0.29, 0.717) is 43.0 Å². The van der Waals surface area contributed by atoms with Crippen molar-refractivity contribution in [3.63, 3.8) is 0 Å². The van der Waals surface area contributed by atoms with Crippen LogP contribution in [0.4, 0.5) is 0 Å². The smallest absolute Gasteiger partial charge is 0.252 e. The molecule has 0 atom stereocenters. The molecule has 11 heteroatoms. The lowest BCUT2D eigenvalue weighted by Gasteiger charge is -2.33. The maximum Gasteiger partial charge on any atom is 0.252 e. The van der Waals surface area contributed by atoms with Crippen LogP contribution in [0.5, 0.6) is 5.75 Å². The van der Waals surface area contributed by atoms with Crippen molar-refractivity contribution in [3.05, 3.63) is 53.4 Å². The van der Waals surface area contributed by atoms with Crippen LogP contribution < -0.4 is 4.74 Å². The number of carbonyl (C=O) groups excluding carboxylic acids is 1. The summed E-state index contributed by atoms with van der Waals surface area (Å²) in [5, 5.41) is 8.53. The number of rotatable bonds is 6. The first-order chi connectivity index (χ1) is 16.5. The van der Waals surface area contributed by atoms with Crippen LogP contribution in [0.25, 0.3) is 17.2 Å². The number of carbonyl (C=O) groups is 1. The van der Waals surface area contributed by atoms with Gasteiger partial charge in [-0.2, -0.15) is 9.97 Å². The lowest BCUT2D eigenvalue weighted by Crippen LogP contribution is -2.48. The summed E-state index contributed by atoms with van der Waals surface area (Å²) in [6.45, 7) is 7.12. The first-order valence-electron chi connectivity index (χ1n) is 11.2. The molecule has 34 heavy (non-hydrogen) atoms. The second kappa shape index (κ2) is 9.18. The molecule has 1 amide bonds. The molecule has 1 fully saturated rings. The van der Waals surface area contributed by atoms with Crippen LogP contribution in [0.3, 0.4) is 0 Å². The van der Waals surface area contributed by atoms with E-state index in [1.165, 1.54) is 0 Å². The molecule has 1 aliphatic rings. The van der Waals surface area contributed by atoms with Crippen molar-refractivity contribution in [1.29, 1.82) is 0 Å². The minimum Gasteiger partial charge on any atom is -0.497 e. The standard InChI is InChI=1S/C23H26N8O3/c1-15-12-16(2)31-23(24-15)25-19(27-31)13-21(32)30-10-8-29(9-11-30)14-20-26-22(28-34-20)17-4-6-18(33-3)7-5-17/h4-7,12H,8-11,13-14H2,1-3H3. The number of aromatic nitrogens is 6. The molecular weight excluding hydrogens is 436 g/mol. The number of fused-ring (bicyclic) bond motifs is 1. The number of piperazine rings is 1. The Bertz CT molecular complexity index is 1310. The van der Waals surface area contributed by atoms with Gasteiger partial charge < -0.3 is 14.2 Å². The van der Waals surface area contributed by atoms with E-state index >= 15 is 0 Å². The van der Waals surface area contributed by atoms with Gasteiger partial charge in [0.1, 0.15) is 5.75 Å². The monoisotopic (exact) mass is 462 g/mol. The Hall–Kier alpha value is -3.86. The molecule has 0 spiro atoms. The first-order valence-corrected chi connectivity index (χ1v) is 11.2. The molecule has 3 aromatic heterocycles. The molecule has 4 heterocycles. The maximum absolute atomic E-state index is 12.8. The normalized spacial score (nSPS) is 14.6. The van der Waals surface area contributed by atoms with E-state index in [1.54, 1.807) is 11.6 Å². The van der Waals surface area contributed by atoms with Gasteiger partial charge in [-0.05, 0) is 44.2 Å². The van der Waals surface area contributed by atoms with Crippen molar-refractivity contribution in [1.82, 2.24) is 39.5 Å². The number of benzene rings is 1. The minimum absolute atomic E-state index is 0.0181. The minimum atomic E-state index is 0.0181. The quantitative estimate of drug-likeness (QED) is 0.422. The van der Waals surface area contributed by atoms with Crippen LogP contribution in [0.2, 0.25) is 0 Å². The van der Waals surface area contributed by atoms with Gasteiger partial charge in [-0.25, -0.2) is 9.50 Å². The zero-order valence-corrected chi connectivity index (χ0v) is 19.4. The molecular formula is C23H26N8O3. The van der Waals surface area contributed by atoms with Crippen molar-refractivity contribution in [2.45, 2.75) is 26.8 Å². The number of hydrogen-bond donors (Lipinski definition) is 0. The predicted octanol–water partition coefficient (Wildman–Crippen LogP) is 1.69. The first kappa shape index (κ1) is 22.0. The predicted molar refractivity (Wildman–Crippen MR) is 122 cm³/mol. The molecule has 1 aliphatic heterocycles. The van der Waals surface area contributed by atoms with Crippen molar-refractivity contribution in [2.75, 3.05) is 33.3 Å². The summed E-state index contributed by atoms with van der Waals surface area (Å²) in [4.78, 5) is 30.2. The van der Waals surface area contributed by atoms with Gasteiger partial charge in [0.25, 0.3) is 5.78 Å². The van der Waals surface area contributed by atoms with E-state index in [-0.39, 0.29) is 12.3 Å². The van der Waals surface area contributed by atoms with Gasteiger partial charge in [-0.1, -0.05) is 5.16 Å². The molecule has 0 bridgehead atoms. The molecule has 0 N–H and O–H groups in total. The van der Waals surface area contributed by atoms with Gasteiger partial charge in [0, 0.05) is 43.1 Å². The molecule has 5 rings (SSSR count). The Morgan fingerprint density at radius 2 is 1.82 bits per heavy atom. The van der Waals surface area contributed by atoms with Crippen LogP contribution in [-0.2, 0) is 17.8 Å². The number of aryl methyl sites for hydroxylation is 2. The van der Waals surface area contributed by atoms with Gasteiger partial charge in [-0.15, -0.1) is 5.10 Å². The van der Waals surface area contributed by atoms with Crippen LogP contribution in [0.1, 0.15) is 23.1 Å². The second-order valence-corrected chi connectivity index (χ2v) is 8.35. The molecule has 176 valence electrons. The molecule has 0 radical (unpaired) electrons. The lowest BCUT2D eigenvalue weighted by atomic mass is 10.2. The molecule has 1 saturated heterocycles. The highest BCUT2D eigenvalue weighted by molar-refractivity contribution is 5.78. The third-order valence-electron chi connectivity index (χ3n) is 5.87. The molecule has 1 aromatic carbocycles. The molecule has 11 nitrogen and oxygen atoms in total. The van der Waals surface area contributed by atoms with Gasteiger partial charge in [0.05, 0.1) is 20.1 Å². The zero-order chi connectivity index (χ0) is 23.7.